The van der Waals surface area contributed by atoms with Crippen LogP contribution in [0.1, 0.15) is 11.1 Å². The summed E-state index contributed by atoms with van der Waals surface area (Å²) < 4.78 is 31.8. The molecule has 0 spiro atoms. The van der Waals surface area contributed by atoms with Gasteiger partial charge in [0.2, 0.25) is 10.0 Å². The number of carboxylic acid groups (broad SMARTS) is 1. The van der Waals surface area contributed by atoms with Crippen LogP contribution >= 0.6 is 0 Å². The van der Waals surface area contributed by atoms with Crippen molar-refractivity contribution in [2.24, 2.45) is 0 Å². The van der Waals surface area contributed by atoms with Crippen molar-refractivity contribution >= 4 is 22.1 Å². The van der Waals surface area contributed by atoms with Crippen molar-refractivity contribution in [3.63, 3.8) is 0 Å². The number of aryl methyl sites for hydroxylation is 1. The zero-order valence-corrected chi connectivity index (χ0v) is 12.4. The molecule has 1 aromatic carbocycles. The van der Waals surface area contributed by atoms with Gasteiger partial charge in [-0.1, -0.05) is 18.2 Å². The lowest BCUT2D eigenvalue weighted by atomic mass is 10.1. The lowest BCUT2D eigenvalue weighted by Gasteiger charge is -2.26. The minimum atomic E-state index is -3.60. The number of aliphatic carboxylic acids is 1. The maximum Gasteiger partial charge on any atom is 0.243 e. The summed E-state index contributed by atoms with van der Waals surface area (Å²) in [5, 5.41) is 10.4. The number of rotatable bonds is 4. The van der Waals surface area contributed by atoms with E-state index in [-0.39, 0.29) is 4.90 Å². The number of morpholine rings is 1. The number of carbonyl (C=O) groups excluding carboxylic acids is 1. The van der Waals surface area contributed by atoms with Crippen LogP contribution in [0.4, 0.5) is 0 Å². The quantitative estimate of drug-likeness (QED) is 0.718. The van der Waals surface area contributed by atoms with E-state index < -0.39 is 16.0 Å². The van der Waals surface area contributed by atoms with Gasteiger partial charge in [-0.2, -0.15) is 4.31 Å². The van der Waals surface area contributed by atoms with Crippen LogP contribution in [0.2, 0.25) is 0 Å². The van der Waals surface area contributed by atoms with Gasteiger partial charge < -0.3 is 14.6 Å². The Morgan fingerprint density at radius 3 is 2.62 bits per heavy atom. The van der Waals surface area contributed by atoms with Crippen LogP contribution in [0.25, 0.3) is 6.08 Å². The van der Waals surface area contributed by atoms with E-state index in [0.29, 0.717) is 37.4 Å². The van der Waals surface area contributed by atoms with Crippen molar-refractivity contribution in [2.75, 3.05) is 26.3 Å². The average molecular weight is 310 g/mol. The van der Waals surface area contributed by atoms with Gasteiger partial charge in [-0.25, -0.2) is 8.42 Å². The van der Waals surface area contributed by atoms with Crippen LogP contribution in [-0.2, 0) is 19.6 Å². The second kappa shape index (κ2) is 6.38. The van der Waals surface area contributed by atoms with Crippen molar-refractivity contribution in [2.45, 2.75) is 11.8 Å². The second-order valence-corrected chi connectivity index (χ2v) is 6.60. The highest BCUT2D eigenvalue weighted by Crippen LogP contribution is 2.22. The molecular formula is C14H16NO5S-. The number of nitrogens with zero attached hydrogens (tertiary/aromatic N) is 1. The van der Waals surface area contributed by atoms with E-state index in [1.807, 2.05) is 0 Å². The van der Waals surface area contributed by atoms with Gasteiger partial charge in [0.25, 0.3) is 0 Å². The Balaban J connectivity index is 2.37. The first-order valence-electron chi connectivity index (χ1n) is 6.49. The zero-order valence-electron chi connectivity index (χ0n) is 11.6. The van der Waals surface area contributed by atoms with Gasteiger partial charge in [0.1, 0.15) is 0 Å². The summed E-state index contributed by atoms with van der Waals surface area (Å²) in [4.78, 5) is 10.6. The number of hydrogen-bond donors (Lipinski definition) is 0. The number of sulfonamides is 1. The maximum atomic E-state index is 12.6. The molecule has 1 aliphatic heterocycles. The van der Waals surface area contributed by atoms with Crippen LogP contribution < -0.4 is 5.11 Å². The normalized spacial score (nSPS) is 17.2. The first kappa shape index (κ1) is 15.7. The molecule has 7 heteroatoms. The molecule has 6 nitrogen and oxygen atoms in total. The molecule has 21 heavy (non-hydrogen) atoms. The number of ether oxygens (including phenoxy) is 1. The second-order valence-electron chi connectivity index (χ2n) is 4.69. The van der Waals surface area contributed by atoms with Crippen molar-refractivity contribution in [1.82, 2.24) is 4.31 Å². The lowest BCUT2D eigenvalue weighted by molar-refractivity contribution is -0.297. The number of carbonyl (C=O) groups is 1. The first-order valence-corrected chi connectivity index (χ1v) is 7.93. The van der Waals surface area contributed by atoms with Crippen molar-refractivity contribution < 1.29 is 23.1 Å². The maximum absolute atomic E-state index is 12.6. The van der Waals surface area contributed by atoms with Gasteiger partial charge in [0, 0.05) is 13.1 Å². The fraction of sp³-hybridized carbons (Fsp3) is 0.357. The van der Waals surface area contributed by atoms with E-state index in [1.54, 1.807) is 19.1 Å². The van der Waals surface area contributed by atoms with E-state index in [0.717, 1.165) is 6.08 Å². The summed E-state index contributed by atoms with van der Waals surface area (Å²) in [5.74, 6) is -1.33. The minimum absolute atomic E-state index is 0.185. The molecule has 2 rings (SSSR count). The van der Waals surface area contributed by atoms with Crippen LogP contribution in [0.5, 0.6) is 0 Å². The topological polar surface area (TPSA) is 86.7 Å². The molecule has 0 radical (unpaired) electrons. The monoisotopic (exact) mass is 310 g/mol. The molecule has 0 unspecified atom stereocenters. The fourth-order valence-corrected chi connectivity index (χ4v) is 3.76. The Morgan fingerprint density at radius 1 is 1.33 bits per heavy atom. The summed E-state index contributed by atoms with van der Waals surface area (Å²) in [7, 11) is -3.60. The molecule has 0 N–H and O–H groups in total. The van der Waals surface area contributed by atoms with Gasteiger partial charge in [0.15, 0.2) is 0 Å². The summed E-state index contributed by atoms with van der Waals surface area (Å²) in [6, 6.07) is 4.79. The number of carboxylic acids is 1. The first-order chi connectivity index (χ1) is 9.91. The van der Waals surface area contributed by atoms with Crippen molar-refractivity contribution in [1.29, 1.82) is 0 Å². The Bertz CT molecular complexity index is 660. The standard InChI is InChI=1S/C14H17NO5S/c1-11-2-3-12(4-5-14(16)17)10-13(11)21(18,19)15-6-8-20-9-7-15/h2-5,10H,6-9H2,1H3,(H,16,17)/p-1/b5-4+. The van der Waals surface area contributed by atoms with Gasteiger partial charge in [-0.3, -0.25) is 0 Å². The summed E-state index contributed by atoms with van der Waals surface area (Å²) >= 11 is 0. The molecule has 1 saturated heterocycles. The van der Waals surface area contributed by atoms with Gasteiger partial charge in [0.05, 0.1) is 24.1 Å². The van der Waals surface area contributed by atoms with Crippen molar-refractivity contribution in [3.05, 3.63) is 35.4 Å². The SMILES string of the molecule is Cc1ccc(/C=C/C(=O)[O-])cc1S(=O)(=O)N1CCOCC1. The third-order valence-electron chi connectivity index (χ3n) is 3.21. The minimum Gasteiger partial charge on any atom is -0.545 e. The third-order valence-corrected chi connectivity index (χ3v) is 5.25. The largest absolute Gasteiger partial charge is 0.545 e. The molecule has 0 bridgehead atoms. The Kier molecular flexibility index (Phi) is 4.76. The third kappa shape index (κ3) is 3.69. The zero-order chi connectivity index (χ0) is 15.5. The molecule has 0 amide bonds. The molecule has 1 aromatic rings. The molecule has 1 fully saturated rings. The van der Waals surface area contributed by atoms with Crippen molar-refractivity contribution in [3.8, 4) is 0 Å². The van der Waals surface area contributed by atoms with E-state index in [4.69, 9.17) is 4.74 Å². The summed E-state index contributed by atoms with van der Waals surface area (Å²) in [5.41, 5.74) is 1.11. The number of hydrogen-bond acceptors (Lipinski definition) is 5. The van der Waals surface area contributed by atoms with E-state index in [2.05, 4.69) is 0 Å². The van der Waals surface area contributed by atoms with Gasteiger partial charge >= 0.3 is 0 Å². The predicted octanol–water partition coefficient (Wildman–Crippen LogP) is -0.221. The van der Waals surface area contributed by atoms with Crippen LogP contribution in [-0.4, -0.2) is 45.0 Å². The van der Waals surface area contributed by atoms with E-state index in [1.165, 1.54) is 16.4 Å². The molecule has 1 heterocycles. The summed E-state index contributed by atoms with van der Waals surface area (Å²) in [6.07, 6.45) is 2.18. The fourth-order valence-electron chi connectivity index (χ4n) is 2.09. The number of benzene rings is 1. The average Bonchev–Trinajstić information content (AvgIpc) is 2.47. The predicted molar refractivity (Wildman–Crippen MR) is 74.8 cm³/mol. The van der Waals surface area contributed by atoms with Gasteiger partial charge in [-0.05, 0) is 30.2 Å². The highest BCUT2D eigenvalue weighted by atomic mass is 32.2. The van der Waals surface area contributed by atoms with Gasteiger partial charge in [-0.15, -0.1) is 0 Å². The van der Waals surface area contributed by atoms with E-state index >= 15 is 0 Å². The van der Waals surface area contributed by atoms with Crippen LogP contribution in [0, 0.1) is 6.92 Å². The Labute approximate surface area is 123 Å². The molecular weight excluding hydrogens is 294 g/mol. The summed E-state index contributed by atoms with van der Waals surface area (Å²) in [6.45, 7) is 3.10. The molecule has 0 aliphatic carbocycles. The Hall–Kier alpha value is -1.70. The molecule has 114 valence electrons. The molecule has 0 aromatic heterocycles. The lowest BCUT2D eigenvalue weighted by Crippen LogP contribution is -2.40. The smallest absolute Gasteiger partial charge is 0.243 e. The molecule has 0 saturated carbocycles. The Morgan fingerprint density at radius 2 is 2.00 bits per heavy atom. The highest BCUT2D eigenvalue weighted by molar-refractivity contribution is 7.89. The van der Waals surface area contributed by atoms with Crippen LogP contribution in [0.15, 0.2) is 29.2 Å². The molecule has 1 aliphatic rings. The van der Waals surface area contributed by atoms with Crippen LogP contribution in [0.3, 0.4) is 0 Å². The van der Waals surface area contributed by atoms with E-state index in [9.17, 15) is 18.3 Å². The molecule has 0 atom stereocenters. The highest BCUT2D eigenvalue weighted by Gasteiger charge is 2.27.